The Morgan fingerprint density at radius 2 is 1.75 bits per heavy atom. The Morgan fingerprint density at radius 1 is 1.08 bits per heavy atom. The monoisotopic (exact) mass is 332 g/mol. The molecule has 5 heteroatoms. The molecule has 1 saturated carbocycles. The SMILES string of the molecule is O=C(NC1CCCCC1CO)c1ccc(N2CCC(O)CC2)cc1. The van der Waals surface area contributed by atoms with Crippen molar-refractivity contribution in [3.8, 4) is 0 Å². The number of nitrogens with zero attached hydrogens (tertiary/aromatic N) is 1. The zero-order valence-electron chi connectivity index (χ0n) is 14.2. The van der Waals surface area contributed by atoms with Crippen molar-refractivity contribution in [1.82, 2.24) is 5.32 Å². The van der Waals surface area contributed by atoms with Gasteiger partial charge in [0.2, 0.25) is 0 Å². The third kappa shape index (κ3) is 4.08. The van der Waals surface area contributed by atoms with Crippen LogP contribution in [0.4, 0.5) is 5.69 Å². The summed E-state index contributed by atoms with van der Waals surface area (Å²) in [5.74, 6) is 0.128. The molecule has 2 aliphatic rings. The summed E-state index contributed by atoms with van der Waals surface area (Å²) >= 11 is 0. The molecule has 1 heterocycles. The topological polar surface area (TPSA) is 72.8 Å². The quantitative estimate of drug-likeness (QED) is 0.788. The van der Waals surface area contributed by atoms with Crippen LogP contribution in [0.5, 0.6) is 0 Å². The summed E-state index contributed by atoms with van der Waals surface area (Å²) in [6.45, 7) is 1.85. The van der Waals surface area contributed by atoms with E-state index >= 15 is 0 Å². The number of rotatable bonds is 4. The van der Waals surface area contributed by atoms with E-state index in [4.69, 9.17) is 0 Å². The minimum atomic E-state index is -0.179. The van der Waals surface area contributed by atoms with Gasteiger partial charge in [-0.3, -0.25) is 4.79 Å². The summed E-state index contributed by atoms with van der Waals surface area (Å²) in [4.78, 5) is 14.7. The van der Waals surface area contributed by atoms with Gasteiger partial charge in [0, 0.05) is 42.9 Å². The van der Waals surface area contributed by atoms with Crippen molar-refractivity contribution in [3.05, 3.63) is 29.8 Å². The lowest BCUT2D eigenvalue weighted by atomic mass is 9.85. The summed E-state index contributed by atoms with van der Waals surface area (Å²) in [5, 5.41) is 22.2. The molecular weight excluding hydrogens is 304 g/mol. The van der Waals surface area contributed by atoms with Gasteiger partial charge in [-0.15, -0.1) is 0 Å². The van der Waals surface area contributed by atoms with Crippen LogP contribution in [-0.4, -0.2) is 48.0 Å². The first-order valence-corrected chi connectivity index (χ1v) is 9.12. The zero-order chi connectivity index (χ0) is 16.9. The van der Waals surface area contributed by atoms with Gasteiger partial charge in [0.1, 0.15) is 0 Å². The number of piperidine rings is 1. The fourth-order valence-electron chi connectivity index (χ4n) is 3.82. The Labute approximate surface area is 143 Å². The van der Waals surface area contributed by atoms with Gasteiger partial charge >= 0.3 is 0 Å². The second-order valence-electron chi connectivity index (χ2n) is 7.07. The first-order valence-electron chi connectivity index (χ1n) is 9.12. The molecule has 0 aromatic heterocycles. The lowest BCUT2D eigenvalue weighted by Crippen LogP contribution is -2.43. The Hall–Kier alpha value is -1.59. The third-order valence-corrected chi connectivity index (χ3v) is 5.42. The van der Waals surface area contributed by atoms with Crippen molar-refractivity contribution in [2.45, 2.75) is 50.7 Å². The van der Waals surface area contributed by atoms with Crippen LogP contribution in [0.25, 0.3) is 0 Å². The predicted molar refractivity (Wildman–Crippen MR) is 94.2 cm³/mol. The van der Waals surface area contributed by atoms with E-state index in [2.05, 4.69) is 10.2 Å². The highest BCUT2D eigenvalue weighted by molar-refractivity contribution is 5.94. The van der Waals surface area contributed by atoms with Gasteiger partial charge < -0.3 is 20.4 Å². The van der Waals surface area contributed by atoms with Crippen LogP contribution in [0, 0.1) is 5.92 Å². The number of aliphatic hydroxyl groups is 2. The van der Waals surface area contributed by atoms with Gasteiger partial charge in [-0.25, -0.2) is 0 Å². The van der Waals surface area contributed by atoms with Crippen LogP contribution in [0.3, 0.4) is 0 Å². The van der Waals surface area contributed by atoms with E-state index in [-0.39, 0.29) is 30.6 Å². The van der Waals surface area contributed by atoms with Crippen molar-refractivity contribution in [2.24, 2.45) is 5.92 Å². The van der Waals surface area contributed by atoms with Gasteiger partial charge in [0.05, 0.1) is 6.10 Å². The average molecular weight is 332 g/mol. The van der Waals surface area contributed by atoms with E-state index in [1.165, 1.54) is 0 Å². The van der Waals surface area contributed by atoms with Crippen LogP contribution in [-0.2, 0) is 0 Å². The van der Waals surface area contributed by atoms with Crippen LogP contribution in [0.15, 0.2) is 24.3 Å². The second-order valence-corrected chi connectivity index (χ2v) is 7.07. The maximum Gasteiger partial charge on any atom is 0.251 e. The van der Waals surface area contributed by atoms with E-state index in [9.17, 15) is 15.0 Å². The molecule has 0 radical (unpaired) electrons. The summed E-state index contributed by atoms with van der Waals surface area (Å²) in [7, 11) is 0. The summed E-state index contributed by atoms with van der Waals surface area (Å²) in [6, 6.07) is 7.78. The average Bonchev–Trinajstić information content (AvgIpc) is 2.63. The summed E-state index contributed by atoms with van der Waals surface area (Å²) in [6.07, 6.45) is 5.60. The number of carbonyl (C=O) groups excluding carboxylic acids is 1. The van der Waals surface area contributed by atoms with Gasteiger partial charge in [-0.2, -0.15) is 0 Å². The molecule has 2 fully saturated rings. The molecule has 0 spiro atoms. The molecule has 1 aromatic rings. The standard InChI is InChI=1S/C19H28N2O3/c22-13-15-3-1-2-4-18(15)20-19(24)14-5-7-16(8-6-14)21-11-9-17(23)10-12-21/h5-8,15,17-18,22-23H,1-4,9-13H2,(H,20,24). The van der Waals surface area contributed by atoms with Crippen molar-refractivity contribution >= 4 is 11.6 Å². The van der Waals surface area contributed by atoms with Crippen molar-refractivity contribution in [2.75, 3.05) is 24.6 Å². The Bertz CT molecular complexity index is 538. The van der Waals surface area contributed by atoms with E-state index in [1.807, 2.05) is 24.3 Å². The molecule has 3 N–H and O–H groups in total. The third-order valence-electron chi connectivity index (χ3n) is 5.42. The number of amides is 1. The molecule has 0 bridgehead atoms. The van der Waals surface area contributed by atoms with Crippen LogP contribution >= 0.6 is 0 Å². The minimum Gasteiger partial charge on any atom is -0.396 e. The fourth-order valence-corrected chi connectivity index (χ4v) is 3.82. The Morgan fingerprint density at radius 3 is 2.42 bits per heavy atom. The van der Waals surface area contributed by atoms with E-state index < -0.39 is 0 Å². The molecule has 1 aliphatic carbocycles. The number of hydrogen-bond donors (Lipinski definition) is 3. The maximum absolute atomic E-state index is 12.5. The fraction of sp³-hybridized carbons (Fsp3) is 0.632. The smallest absolute Gasteiger partial charge is 0.251 e. The zero-order valence-corrected chi connectivity index (χ0v) is 14.2. The van der Waals surface area contributed by atoms with E-state index in [0.717, 1.165) is 57.3 Å². The van der Waals surface area contributed by atoms with Gasteiger partial charge in [0.25, 0.3) is 5.91 Å². The van der Waals surface area contributed by atoms with Crippen LogP contribution < -0.4 is 10.2 Å². The minimum absolute atomic E-state index is 0.0547. The van der Waals surface area contributed by atoms with Crippen LogP contribution in [0.2, 0.25) is 0 Å². The molecular formula is C19H28N2O3. The first kappa shape index (κ1) is 17.2. The first-order chi connectivity index (χ1) is 11.7. The highest BCUT2D eigenvalue weighted by Crippen LogP contribution is 2.25. The summed E-state index contributed by atoms with van der Waals surface area (Å²) in [5.41, 5.74) is 1.77. The van der Waals surface area contributed by atoms with Gasteiger partial charge in [-0.1, -0.05) is 12.8 Å². The van der Waals surface area contributed by atoms with E-state index in [0.29, 0.717) is 5.56 Å². The number of hydrogen-bond acceptors (Lipinski definition) is 4. The molecule has 1 amide bonds. The van der Waals surface area contributed by atoms with Gasteiger partial charge in [-0.05, 0) is 49.9 Å². The second kappa shape index (κ2) is 7.99. The van der Waals surface area contributed by atoms with Gasteiger partial charge in [0.15, 0.2) is 0 Å². The lowest BCUT2D eigenvalue weighted by Gasteiger charge is -2.32. The Balaban J connectivity index is 1.59. The molecule has 132 valence electrons. The number of carbonyl (C=O) groups is 1. The highest BCUT2D eigenvalue weighted by atomic mass is 16.3. The van der Waals surface area contributed by atoms with Crippen molar-refractivity contribution in [1.29, 1.82) is 0 Å². The normalized spacial score (nSPS) is 25.5. The number of nitrogens with one attached hydrogen (secondary N) is 1. The van der Waals surface area contributed by atoms with Crippen LogP contribution in [0.1, 0.15) is 48.9 Å². The van der Waals surface area contributed by atoms with Crippen molar-refractivity contribution < 1.29 is 15.0 Å². The number of anilines is 1. The van der Waals surface area contributed by atoms with Crippen molar-refractivity contribution in [3.63, 3.8) is 0 Å². The molecule has 24 heavy (non-hydrogen) atoms. The number of benzene rings is 1. The predicted octanol–water partition coefficient (Wildman–Crippen LogP) is 1.93. The molecule has 2 atom stereocenters. The molecule has 1 aliphatic heterocycles. The molecule has 3 rings (SSSR count). The molecule has 2 unspecified atom stereocenters. The molecule has 1 aromatic carbocycles. The van der Waals surface area contributed by atoms with E-state index in [1.54, 1.807) is 0 Å². The lowest BCUT2D eigenvalue weighted by molar-refractivity contribution is 0.0872. The highest BCUT2D eigenvalue weighted by Gasteiger charge is 2.26. The molecule has 5 nitrogen and oxygen atoms in total. The summed E-state index contributed by atoms with van der Waals surface area (Å²) < 4.78 is 0. The number of aliphatic hydroxyl groups excluding tert-OH is 2. The largest absolute Gasteiger partial charge is 0.396 e. The molecule has 1 saturated heterocycles. The Kier molecular flexibility index (Phi) is 5.74. The maximum atomic E-state index is 12.5.